The Bertz CT molecular complexity index is 387. The van der Waals surface area contributed by atoms with Crippen LogP contribution in [-0.2, 0) is 6.54 Å². The van der Waals surface area contributed by atoms with Crippen molar-refractivity contribution >= 4 is 5.69 Å². The number of nitrogens with two attached hydrogens (primary N) is 1. The molecule has 0 spiro atoms. The third-order valence-corrected chi connectivity index (χ3v) is 4.26. The first-order chi connectivity index (χ1) is 8.13. The molecule has 2 rings (SSSR count). The van der Waals surface area contributed by atoms with Crippen LogP contribution in [0.4, 0.5) is 5.69 Å². The van der Waals surface area contributed by atoms with Crippen molar-refractivity contribution in [2.75, 3.05) is 5.73 Å². The van der Waals surface area contributed by atoms with Crippen LogP contribution in [0, 0.1) is 6.92 Å². The summed E-state index contributed by atoms with van der Waals surface area (Å²) < 4.78 is 0. The van der Waals surface area contributed by atoms with Gasteiger partial charge in [0.1, 0.15) is 0 Å². The van der Waals surface area contributed by atoms with Crippen LogP contribution in [0.15, 0.2) is 18.2 Å². The Morgan fingerprint density at radius 1 is 1.35 bits per heavy atom. The van der Waals surface area contributed by atoms with Gasteiger partial charge in [-0.15, -0.1) is 0 Å². The lowest BCUT2D eigenvalue weighted by Crippen LogP contribution is -2.33. The number of rotatable bonds is 3. The molecule has 1 aromatic carbocycles. The number of nitrogen functional groups attached to an aromatic ring is 1. The SMILES string of the molecule is CCC1CCC(C)N1Cc1cccc(N)c1C. The van der Waals surface area contributed by atoms with Gasteiger partial charge in [-0.3, -0.25) is 4.90 Å². The summed E-state index contributed by atoms with van der Waals surface area (Å²) in [7, 11) is 0. The van der Waals surface area contributed by atoms with Crippen LogP contribution in [-0.4, -0.2) is 17.0 Å². The highest BCUT2D eigenvalue weighted by molar-refractivity contribution is 5.49. The molecule has 2 N–H and O–H groups in total. The van der Waals surface area contributed by atoms with Gasteiger partial charge in [0.25, 0.3) is 0 Å². The molecule has 1 aliphatic heterocycles. The monoisotopic (exact) mass is 232 g/mol. The van der Waals surface area contributed by atoms with Gasteiger partial charge in [0, 0.05) is 24.3 Å². The van der Waals surface area contributed by atoms with Gasteiger partial charge in [-0.05, 0) is 50.3 Å². The van der Waals surface area contributed by atoms with Crippen molar-refractivity contribution in [3.05, 3.63) is 29.3 Å². The maximum Gasteiger partial charge on any atom is 0.0346 e. The van der Waals surface area contributed by atoms with E-state index in [1.54, 1.807) is 0 Å². The minimum atomic E-state index is 0.709. The summed E-state index contributed by atoms with van der Waals surface area (Å²) in [6, 6.07) is 7.73. The summed E-state index contributed by atoms with van der Waals surface area (Å²) in [4.78, 5) is 2.64. The first kappa shape index (κ1) is 12.4. The van der Waals surface area contributed by atoms with E-state index in [1.165, 1.54) is 30.4 Å². The van der Waals surface area contributed by atoms with Gasteiger partial charge < -0.3 is 5.73 Å². The van der Waals surface area contributed by atoms with E-state index in [4.69, 9.17) is 5.73 Å². The van der Waals surface area contributed by atoms with Crippen LogP contribution in [0.3, 0.4) is 0 Å². The van der Waals surface area contributed by atoms with E-state index in [-0.39, 0.29) is 0 Å². The van der Waals surface area contributed by atoms with Gasteiger partial charge in [-0.1, -0.05) is 19.1 Å². The largest absolute Gasteiger partial charge is 0.399 e. The molecule has 0 saturated carbocycles. The topological polar surface area (TPSA) is 29.3 Å². The molecule has 0 aliphatic carbocycles. The van der Waals surface area contributed by atoms with E-state index in [9.17, 15) is 0 Å². The minimum absolute atomic E-state index is 0.709. The molecule has 0 aromatic heterocycles. The predicted octanol–water partition coefficient (Wildman–Crippen LogP) is 3.34. The zero-order chi connectivity index (χ0) is 12.4. The smallest absolute Gasteiger partial charge is 0.0346 e. The van der Waals surface area contributed by atoms with Crippen molar-refractivity contribution < 1.29 is 0 Å². The lowest BCUT2D eigenvalue weighted by molar-refractivity contribution is 0.189. The molecule has 2 atom stereocenters. The molecule has 94 valence electrons. The van der Waals surface area contributed by atoms with Crippen LogP contribution in [0.1, 0.15) is 44.2 Å². The molecule has 1 aliphatic rings. The number of anilines is 1. The molecule has 2 nitrogen and oxygen atoms in total. The van der Waals surface area contributed by atoms with Crippen molar-refractivity contribution in [3.63, 3.8) is 0 Å². The number of hydrogen-bond acceptors (Lipinski definition) is 2. The van der Waals surface area contributed by atoms with Crippen molar-refractivity contribution in [1.29, 1.82) is 0 Å². The molecule has 1 fully saturated rings. The molecule has 2 unspecified atom stereocenters. The molecule has 1 aromatic rings. The van der Waals surface area contributed by atoms with Crippen LogP contribution in [0.25, 0.3) is 0 Å². The third kappa shape index (κ3) is 2.47. The Labute approximate surface area is 105 Å². The number of hydrogen-bond donors (Lipinski definition) is 1. The maximum absolute atomic E-state index is 5.98. The van der Waals surface area contributed by atoms with Crippen LogP contribution in [0.5, 0.6) is 0 Å². The van der Waals surface area contributed by atoms with Crippen molar-refractivity contribution in [2.45, 2.75) is 58.7 Å². The zero-order valence-corrected chi connectivity index (χ0v) is 11.2. The highest BCUT2D eigenvalue weighted by Crippen LogP contribution is 2.29. The average Bonchev–Trinajstić information content (AvgIpc) is 2.66. The molecular formula is C15H24N2. The fourth-order valence-corrected chi connectivity index (χ4v) is 2.92. The van der Waals surface area contributed by atoms with Crippen LogP contribution >= 0.6 is 0 Å². The standard InChI is InChI=1S/C15H24N2/c1-4-14-9-8-11(2)17(14)10-13-6-5-7-15(16)12(13)3/h5-7,11,14H,4,8-10,16H2,1-3H3. The van der Waals surface area contributed by atoms with Gasteiger partial charge >= 0.3 is 0 Å². The fourth-order valence-electron chi connectivity index (χ4n) is 2.92. The second-order valence-electron chi connectivity index (χ2n) is 5.29. The van der Waals surface area contributed by atoms with Gasteiger partial charge in [-0.25, -0.2) is 0 Å². The Hall–Kier alpha value is -1.02. The Morgan fingerprint density at radius 2 is 2.12 bits per heavy atom. The average molecular weight is 232 g/mol. The number of benzene rings is 1. The molecular weight excluding hydrogens is 208 g/mol. The molecule has 2 heteroatoms. The lowest BCUT2D eigenvalue weighted by atomic mass is 10.1. The molecule has 17 heavy (non-hydrogen) atoms. The zero-order valence-electron chi connectivity index (χ0n) is 11.2. The summed E-state index contributed by atoms with van der Waals surface area (Å²) >= 11 is 0. The number of likely N-dealkylation sites (tertiary alicyclic amines) is 1. The van der Waals surface area contributed by atoms with Gasteiger partial charge in [0.15, 0.2) is 0 Å². The molecule has 0 bridgehead atoms. The molecule has 1 saturated heterocycles. The minimum Gasteiger partial charge on any atom is -0.399 e. The summed E-state index contributed by atoms with van der Waals surface area (Å²) in [5.74, 6) is 0. The van der Waals surface area contributed by atoms with E-state index in [0.717, 1.165) is 18.3 Å². The first-order valence-corrected chi connectivity index (χ1v) is 6.73. The quantitative estimate of drug-likeness (QED) is 0.810. The third-order valence-electron chi connectivity index (χ3n) is 4.26. The van der Waals surface area contributed by atoms with E-state index in [2.05, 4.69) is 37.8 Å². The second-order valence-corrected chi connectivity index (χ2v) is 5.29. The summed E-state index contributed by atoms with van der Waals surface area (Å²) in [6.07, 6.45) is 3.94. The van der Waals surface area contributed by atoms with Gasteiger partial charge in [-0.2, -0.15) is 0 Å². The molecule has 0 radical (unpaired) electrons. The highest BCUT2D eigenvalue weighted by atomic mass is 15.2. The van der Waals surface area contributed by atoms with Crippen molar-refractivity contribution in [1.82, 2.24) is 4.90 Å². The van der Waals surface area contributed by atoms with E-state index in [0.29, 0.717) is 6.04 Å². The number of nitrogens with zero attached hydrogens (tertiary/aromatic N) is 1. The summed E-state index contributed by atoms with van der Waals surface area (Å²) in [5, 5.41) is 0. The summed E-state index contributed by atoms with van der Waals surface area (Å²) in [6.45, 7) is 7.82. The Morgan fingerprint density at radius 3 is 2.82 bits per heavy atom. The van der Waals surface area contributed by atoms with Gasteiger partial charge in [0.05, 0.1) is 0 Å². The molecule has 0 amide bonds. The van der Waals surface area contributed by atoms with E-state index < -0.39 is 0 Å². The van der Waals surface area contributed by atoms with Gasteiger partial charge in [0.2, 0.25) is 0 Å². The maximum atomic E-state index is 5.98. The Kier molecular flexibility index (Phi) is 3.72. The normalized spacial score (nSPS) is 25.4. The Balaban J connectivity index is 2.17. The van der Waals surface area contributed by atoms with Crippen LogP contribution in [0.2, 0.25) is 0 Å². The van der Waals surface area contributed by atoms with E-state index in [1.807, 2.05) is 6.07 Å². The van der Waals surface area contributed by atoms with Crippen molar-refractivity contribution in [3.8, 4) is 0 Å². The van der Waals surface area contributed by atoms with Crippen molar-refractivity contribution in [2.24, 2.45) is 0 Å². The summed E-state index contributed by atoms with van der Waals surface area (Å²) in [5.41, 5.74) is 9.53. The van der Waals surface area contributed by atoms with E-state index >= 15 is 0 Å². The lowest BCUT2D eigenvalue weighted by Gasteiger charge is -2.28. The molecule has 1 heterocycles. The highest BCUT2D eigenvalue weighted by Gasteiger charge is 2.29. The predicted molar refractivity (Wildman–Crippen MR) is 73.9 cm³/mol. The second kappa shape index (κ2) is 5.09. The fraction of sp³-hybridized carbons (Fsp3) is 0.600. The van der Waals surface area contributed by atoms with Crippen LogP contribution < -0.4 is 5.73 Å². The first-order valence-electron chi connectivity index (χ1n) is 6.73.